The van der Waals surface area contributed by atoms with E-state index in [1.807, 2.05) is 18.2 Å². The van der Waals surface area contributed by atoms with Crippen molar-refractivity contribution in [3.05, 3.63) is 163 Å². The molecule has 0 aliphatic heterocycles. The number of ether oxygens (including phenoxy) is 2. The summed E-state index contributed by atoms with van der Waals surface area (Å²) >= 11 is 0. The van der Waals surface area contributed by atoms with Crippen molar-refractivity contribution in [3.63, 3.8) is 0 Å². The highest BCUT2D eigenvalue weighted by Crippen LogP contribution is 2.55. The first-order chi connectivity index (χ1) is 22.8. The monoisotopic (exact) mass is 652 g/mol. The molecule has 5 rings (SSSR count). The summed E-state index contributed by atoms with van der Waals surface area (Å²) in [5.74, 6) is 0.0765. The third kappa shape index (κ3) is 7.59. The standard InChI is InChI=1S/C35H31N3O8P/c39-36(40)28-19-21-35(34(24-28)38(43)44)46-26-27-18-20-29(25-33(27)37(41)42)45-22-10-11-23-47(30-12-4-1-5-13-30,31-14-6-2-7-15-31)32-16-8-3-9-17-32/h1-9,12-21,24-25H,10-11,22-23,26H2/q+1. The van der Waals surface area contributed by atoms with E-state index >= 15 is 0 Å². The Labute approximate surface area is 271 Å². The maximum absolute atomic E-state index is 11.9. The largest absolute Gasteiger partial charge is 0.493 e. The van der Waals surface area contributed by atoms with Gasteiger partial charge in [-0.2, -0.15) is 0 Å². The molecule has 0 radical (unpaired) electrons. The van der Waals surface area contributed by atoms with Gasteiger partial charge in [0.15, 0.2) is 5.75 Å². The van der Waals surface area contributed by atoms with Crippen LogP contribution in [0.2, 0.25) is 0 Å². The van der Waals surface area contributed by atoms with Gasteiger partial charge in [-0.25, -0.2) is 0 Å². The first kappa shape index (κ1) is 32.7. The summed E-state index contributed by atoms with van der Waals surface area (Å²) < 4.78 is 11.4. The lowest BCUT2D eigenvalue weighted by Crippen LogP contribution is -2.33. The Bertz CT molecular complexity index is 1760. The van der Waals surface area contributed by atoms with Crippen LogP contribution >= 0.6 is 7.26 Å². The van der Waals surface area contributed by atoms with Crippen LogP contribution in [0.1, 0.15) is 18.4 Å². The number of nitrogens with zero attached hydrogens (tertiary/aromatic N) is 3. The van der Waals surface area contributed by atoms with Gasteiger partial charge in [0.25, 0.3) is 11.4 Å². The zero-order valence-electron chi connectivity index (χ0n) is 25.2. The van der Waals surface area contributed by atoms with Gasteiger partial charge >= 0.3 is 5.69 Å². The third-order valence-corrected chi connectivity index (χ3v) is 12.3. The third-order valence-electron chi connectivity index (χ3n) is 7.73. The lowest BCUT2D eigenvalue weighted by molar-refractivity contribution is -0.394. The highest BCUT2D eigenvalue weighted by molar-refractivity contribution is 7.95. The van der Waals surface area contributed by atoms with Crippen molar-refractivity contribution < 1.29 is 24.2 Å². The number of unbranched alkanes of at least 4 members (excludes halogenated alkanes) is 1. The second kappa shape index (κ2) is 15.1. The molecule has 0 aliphatic carbocycles. The quantitative estimate of drug-likeness (QED) is 0.0501. The summed E-state index contributed by atoms with van der Waals surface area (Å²) in [6, 6.07) is 39.1. The molecule has 47 heavy (non-hydrogen) atoms. The first-order valence-electron chi connectivity index (χ1n) is 14.8. The van der Waals surface area contributed by atoms with E-state index in [0.717, 1.165) is 37.2 Å². The summed E-state index contributed by atoms with van der Waals surface area (Å²) in [7, 11) is -1.98. The fourth-order valence-electron chi connectivity index (χ4n) is 5.49. The number of rotatable bonds is 15. The van der Waals surface area contributed by atoms with Crippen molar-refractivity contribution in [1.29, 1.82) is 0 Å². The molecule has 0 saturated heterocycles. The average Bonchev–Trinajstić information content (AvgIpc) is 3.10. The molecular formula is C35H31N3O8P+. The Morgan fingerprint density at radius 2 is 1.11 bits per heavy atom. The van der Waals surface area contributed by atoms with Gasteiger partial charge in [-0.05, 0) is 67.4 Å². The van der Waals surface area contributed by atoms with Crippen molar-refractivity contribution in [1.82, 2.24) is 0 Å². The fraction of sp³-hybridized carbons (Fsp3) is 0.143. The maximum atomic E-state index is 11.9. The Kier molecular flexibility index (Phi) is 10.5. The molecular weight excluding hydrogens is 621 g/mol. The Morgan fingerprint density at radius 3 is 1.62 bits per heavy atom. The van der Waals surface area contributed by atoms with Gasteiger partial charge in [0, 0.05) is 6.07 Å². The zero-order valence-corrected chi connectivity index (χ0v) is 26.1. The highest BCUT2D eigenvalue weighted by Gasteiger charge is 2.44. The lowest BCUT2D eigenvalue weighted by Gasteiger charge is -2.27. The molecule has 12 heteroatoms. The molecule has 0 amide bonds. The summed E-state index contributed by atoms with van der Waals surface area (Å²) in [4.78, 5) is 32.2. The van der Waals surface area contributed by atoms with E-state index in [-0.39, 0.29) is 23.6 Å². The van der Waals surface area contributed by atoms with Crippen LogP contribution in [0.3, 0.4) is 0 Å². The first-order valence-corrected chi connectivity index (χ1v) is 16.8. The molecule has 0 spiro atoms. The predicted octanol–water partition coefficient (Wildman–Crippen LogP) is 7.14. The van der Waals surface area contributed by atoms with Crippen LogP contribution in [-0.2, 0) is 6.61 Å². The fourth-order valence-corrected chi connectivity index (χ4v) is 9.90. The van der Waals surface area contributed by atoms with Crippen LogP contribution in [0, 0.1) is 30.3 Å². The zero-order chi connectivity index (χ0) is 33.2. The van der Waals surface area contributed by atoms with Crippen LogP contribution in [0.5, 0.6) is 11.5 Å². The van der Waals surface area contributed by atoms with Gasteiger partial charge in [-0.1, -0.05) is 54.6 Å². The van der Waals surface area contributed by atoms with Crippen molar-refractivity contribution in [2.45, 2.75) is 19.4 Å². The van der Waals surface area contributed by atoms with Gasteiger partial charge in [-0.3, -0.25) is 30.3 Å². The van der Waals surface area contributed by atoms with E-state index in [1.165, 1.54) is 28.0 Å². The van der Waals surface area contributed by atoms with E-state index in [4.69, 9.17) is 9.47 Å². The van der Waals surface area contributed by atoms with Gasteiger partial charge in [0.05, 0.1) is 45.2 Å². The second-order valence-electron chi connectivity index (χ2n) is 10.6. The summed E-state index contributed by atoms with van der Waals surface area (Å²) in [6.45, 7) is -0.0140. The summed E-state index contributed by atoms with van der Waals surface area (Å²) in [5, 5.41) is 38.2. The normalized spacial score (nSPS) is 11.1. The minimum absolute atomic E-state index is 0.165. The van der Waals surface area contributed by atoms with Crippen LogP contribution in [0.4, 0.5) is 17.1 Å². The molecule has 5 aromatic carbocycles. The molecule has 0 N–H and O–H groups in total. The number of non-ortho nitro benzene ring substituents is 1. The molecule has 0 bridgehead atoms. The molecule has 0 heterocycles. The molecule has 5 aromatic rings. The van der Waals surface area contributed by atoms with Crippen molar-refractivity contribution >= 4 is 40.2 Å². The smallest absolute Gasteiger partial charge is 0.317 e. The van der Waals surface area contributed by atoms with Crippen LogP contribution in [0.15, 0.2) is 127 Å². The Morgan fingerprint density at radius 1 is 0.553 bits per heavy atom. The van der Waals surface area contributed by atoms with E-state index in [9.17, 15) is 30.3 Å². The van der Waals surface area contributed by atoms with E-state index < -0.39 is 33.4 Å². The number of hydrogen-bond acceptors (Lipinski definition) is 8. The Balaban J connectivity index is 1.28. The van der Waals surface area contributed by atoms with Gasteiger partial charge in [-0.15, -0.1) is 0 Å². The molecule has 0 unspecified atom stereocenters. The van der Waals surface area contributed by atoms with Gasteiger partial charge < -0.3 is 9.47 Å². The molecule has 0 aliphatic rings. The minimum Gasteiger partial charge on any atom is -0.493 e. The second-order valence-corrected chi connectivity index (χ2v) is 14.2. The number of nitro groups is 3. The van der Waals surface area contributed by atoms with Gasteiger partial charge in [0.2, 0.25) is 0 Å². The van der Waals surface area contributed by atoms with Crippen molar-refractivity contribution in [2.24, 2.45) is 0 Å². The number of hydrogen-bond donors (Lipinski definition) is 0. The number of nitro benzene ring substituents is 3. The summed E-state index contributed by atoms with van der Waals surface area (Å²) in [6.07, 6.45) is 2.49. The molecule has 0 saturated carbocycles. The molecule has 11 nitrogen and oxygen atoms in total. The van der Waals surface area contributed by atoms with E-state index in [0.29, 0.717) is 12.4 Å². The topological polar surface area (TPSA) is 148 Å². The average molecular weight is 653 g/mol. The summed E-state index contributed by atoms with van der Waals surface area (Å²) in [5.41, 5.74) is -1.18. The molecule has 0 atom stereocenters. The minimum atomic E-state index is -1.98. The van der Waals surface area contributed by atoms with Crippen LogP contribution in [0.25, 0.3) is 0 Å². The lowest BCUT2D eigenvalue weighted by atomic mass is 10.2. The molecule has 0 fully saturated rings. The predicted molar refractivity (Wildman–Crippen MR) is 182 cm³/mol. The van der Waals surface area contributed by atoms with Crippen molar-refractivity contribution in [2.75, 3.05) is 12.8 Å². The Hall–Kier alpha value is -5.67. The maximum Gasteiger partial charge on any atom is 0.317 e. The van der Waals surface area contributed by atoms with Crippen LogP contribution < -0.4 is 25.4 Å². The van der Waals surface area contributed by atoms with E-state index in [1.54, 1.807) is 6.07 Å². The van der Waals surface area contributed by atoms with Crippen LogP contribution in [-0.4, -0.2) is 27.5 Å². The van der Waals surface area contributed by atoms with Crippen molar-refractivity contribution in [3.8, 4) is 11.5 Å². The van der Waals surface area contributed by atoms with Gasteiger partial charge in [0.1, 0.15) is 35.5 Å². The molecule has 238 valence electrons. The molecule has 0 aromatic heterocycles. The SMILES string of the molecule is O=[N+]([O-])c1ccc(OCc2ccc(OCCCC[P+](c3ccccc3)(c3ccccc3)c3ccccc3)cc2[N+](=O)[O-])c([N+](=O)[O-])c1. The number of benzene rings is 5. The highest BCUT2D eigenvalue weighted by atomic mass is 31.2. The van der Waals surface area contributed by atoms with E-state index in [2.05, 4.69) is 72.8 Å².